The van der Waals surface area contributed by atoms with Gasteiger partial charge >= 0.3 is 0 Å². The van der Waals surface area contributed by atoms with Gasteiger partial charge in [-0.1, -0.05) is 48.2 Å². The summed E-state index contributed by atoms with van der Waals surface area (Å²) in [5, 5.41) is 1.20. The van der Waals surface area contributed by atoms with E-state index in [1.165, 1.54) is 36.8 Å². The van der Waals surface area contributed by atoms with Crippen LogP contribution in [0.1, 0.15) is 48.4 Å². The van der Waals surface area contributed by atoms with E-state index in [-0.39, 0.29) is 6.04 Å². The van der Waals surface area contributed by atoms with Gasteiger partial charge in [-0.3, -0.25) is 9.98 Å². The van der Waals surface area contributed by atoms with Gasteiger partial charge in [-0.2, -0.15) is 0 Å². The molecule has 0 amide bonds. The van der Waals surface area contributed by atoms with Gasteiger partial charge in [-0.05, 0) is 36.0 Å². The van der Waals surface area contributed by atoms with Crippen LogP contribution in [0.4, 0.5) is 0 Å². The second-order valence-corrected chi connectivity index (χ2v) is 7.96. The van der Waals surface area contributed by atoms with E-state index in [0.29, 0.717) is 22.4 Å². The number of aliphatic imine (C=N–C) groups is 1. The zero-order valence-electron chi connectivity index (χ0n) is 14.8. The van der Waals surface area contributed by atoms with E-state index in [9.17, 15) is 0 Å². The van der Waals surface area contributed by atoms with E-state index < -0.39 is 0 Å². The van der Waals surface area contributed by atoms with Crippen molar-refractivity contribution in [2.24, 2.45) is 10.9 Å². The third-order valence-corrected chi connectivity index (χ3v) is 6.24. The number of methoxy groups -OCH3 is 1. The highest BCUT2D eigenvalue weighted by atomic mass is 35.5. The van der Waals surface area contributed by atoms with Gasteiger partial charge in [0, 0.05) is 36.5 Å². The quantitative estimate of drug-likeness (QED) is 0.656. The van der Waals surface area contributed by atoms with Crippen molar-refractivity contribution in [3.05, 3.63) is 57.3 Å². The number of nitrogens with zero attached hydrogens (tertiary/aromatic N) is 2. The Morgan fingerprint density at radius 3 is 2.54 bits per heavy atom. The molecular formula is C21H22Cl2N2O. The van der Waals surface area contributed by atoms with E-state index in [1.807, 2.05) is 6.07 Å². The van der Waals surface area contributed by atoms with Crippen LogP contribution in [-0.2, 0) is 12.8 Å². The molecule has 1 aromatic carbocycles. The molecule has 2 aromatic rings. The summed E-state index contributed by atoms with van der Waals surface area (Å²) in [6, 6.07) is 6.55. The number of pyridine rings is 1. The average molecular weight is 389 g/mol. The van der Waals surface area contributed by atoms with Gasteiger partial charge < -0.3 is 4.74 Å². The Morgan fingerprint density at radius 2 is 1.85 bits per heavy atom. The van der Waals surface area contributed by atoms with Crippen molar-refractivity contribution in [3.63, 3.8) is 0 Å². The van der Waals surface area contributed by atoms with Crippen molar-refractivity contribution in [2.45, 2.75) is 44.6 Å². The highest BCUT2D eigenvalue weighted by Gasteiger charge is 2.32. The lowest BCUT2D eigenvalue weighted by Gasteiger charge is -2.29. The number of hydrogen-bond donors (Lipinski definition) is 0. The van der Waals surface area contributed by atoms with E-state index in [4.69, 9.17) is 32.9 Å². The molecule has 0 spiro atoms. The van der Waals surface area contributed by atoms with Gasteiger partial charge in [0.15, 0.2) is 0 Å². The fourth-order valence-corrected chi connectivity index (χ4v) is 4.81. The molecule has 1 aliphatic heterocycles. The molecule has 26 heavy (non-hydrogen) atoms. The van der Waals surface area contributed by atoms with E-state index in [1.54, 1.807) is 19.5 Å². The van der Waals surface area contributed by atoms with Crippen LogP contribution in [-0.4, -0.2) is 17.8 Å². The van der Waals surface area contributed by atoms with Crippen molar-refractivity contribution >= 4 is 28.9 Å². The summed E-state index contributed by atoms with van der Waals surface area (Å²) in [5.41, 5.74) is 4.62. The number of hydrogen-bond acceptors (Lipinski definition) is 3. The van der Waals surface area contributed by atoms with Crippen molar-refractivity contribution in [2.75, 3.05) is 7.11 Å². The lowest BCUT2D eigenvalue weighted by Crippen LogP contribution is -2.22. The van der Waals surface area contributed by atoms with Crippen LogP contribution >= 0.6 is 23.2 Å². The fourth-order valence-electron chi connectivity index (χ4n) is 4.31. The third-order valence-electron chi connectivity index (χ3n) is 5.59. The van der Waals surface area contributed by atoms with E-state index >= 15 is 0 Å². The van der Waals surface area contributed by atoms with Gasteiger partial charge in [0.2, 0.25) is 0 Å². The van der Waals surface area contributed by atoms with Crippen LogP contribution in [0.3, 0.4) is 0 Å². The number of fused-ring (bicyclic) bond motifs is 1. The molecule has 0 radical (unpaired) electrons. The lowest BCUT2D eigenvalue weighted by atomic mass is 9.84. The van der Waals surface area contributed by atoms with Gasteiger partial charge in [0.25, 0.3) is 0 Å². The Hall–Kier alpha value is -1.58. The van der Waals surface area contributed by atoms with Gasteiger partial charge in [0.1, 0.15) is 5.75 Å². The minimum atomic E-state index is 0.214. The van der Waals surface area contributed by atoms with Gasteiger partial charge in [-0.25, -0.2) is 0 Å². The smallest absolute Gasteiger partial charge is 0.122 e. The van der Waals surface area contributed by atoms with E-state index in [2.05, 4.69) is 17.1 Å². The number of benzene rings is 1. The lowest BCUT2D eigenvalue weighted by molar-refractivity contribution is 0.402. The topological polar surface area (TPSA) is 34.5 Å². The minimum absolute atomic E-state index is 0.214. The molecule has 136 valence electrons. The summed E-state index contributed by atoms with van der Waals surface area (Å²) in [6.07, 6.45) is 9.81. The summed E-state index contributed by atoms with van der Waals surface area (Å²) >= 11 is 12.7. The predicted octanol–water partition coefficient (Wildman–Crippen LogP) is 5.87. The zero-order valence-corrected chi connectivity index (χ0v) is 16.4. The Balaban J connectivity index is 1.73. The summed E-state index contributed by atoms with van der Waals surface area (Å²) in [6.45, 7) is 0. The predicted molar refractivity (Wildman–Crippen MR) is 107 cm³/mol. The largest absolute Gasteiger partial charge is 0.496 e. The number of aromatic nitrogens is 1. The molecule has 4 rings (SSSR count). The maximum Gasteiger partial charge on any atom is 0.122 e. The van der Waals surface area contributed by atoms with Crippen LogP contribution in [0.25, 0.3) is 0 Å². The van der Waals surface area contributed by atoms with Crippen molar-refractivity contribution in [1.82, 2.24) is 4.98 Å². The van der Waals surface area contributed by atoms with Crippen molar-refractivity contribution in [3.8, 4) is 5.75 Å². The molecule has 0 N–H and O–H groups in total. The maximum atomic E-state index is 6.34. The number of halogens is 2. The summed E-state index contributed by atoms with van der Waals surface area (Å²) < 4.78 is 5.65. The second-order valence-electron chi connectivity index (χ2n) is 7.15. The molecule has 2 heterocycles. The molecule has 1 atom stereocenters. The Labute approximate surface area is 164 Å². The third kappa shape index (κ3) is 3.35. The van der Waals surface area contributed by atoms with Gasteiger partial charge in [-0.15, -0.1) is 0 Å². The monoisotopic (exact) mass is 388 g/mol. The molecule has 0 saturated heterocycles. The highest BCUT2D eigenvalue weighted by molar-refractivity contribution is 6.36. The Bertz CT molecular complexity index is 824. The summed E-state index contributed by atoms with van der Waals surface area (Å²) in [7, 11) is 1.74. The summed E-state index contributed by atoms with van der Waals surface area (Å²) in [4.78, 5) is 9.24. The molecule has 1 fully saturated rings. The number of rotatable bonds is 4. The van der Waals surface area contributed by atoms with Crippen LogP contribution in [0.15, 0.2) is 35.6 Å². The van der Waals surface area contributed by atoms with E-state index in [0.717, 1.165) is 23.4 Å². The Morgan fingerprint density at radius 1 is 1.12 bits per heavy atom. The van der Waals surface area contributed by atoms with Crippen LogP contribution in [0.5, 0.6) is 5.75 Å². The van der Waals surface area contributed by atoms with Crippen LogP contribution < -0.4 is 4.74 Å². The number of ether oxygens (including phenoxy) is 1. The highest BCUT2D eigenvalue weighted by Crippen LogP contribution is 2.44. The first-order valence-electron chi connectivity index (χ1n) is 9.16. The van der Waals surface area contributed by atoms with Crippen LogP contribution in [0.2, 0.25) is 10.0 Å². The summed E-state index contributed by atoms with van der Waals surface area (Å²) in [5.74, 6) is 1.56. The normalized spacial score (nSPS) is 20.0. The fraction of sp³-hybridized carbons (Fsp3) is 0.429. The zero-order chi connectivity index (χ0) is 18.1. The Kier molecular flexibility index (Phi) is 5.19. The second kappa shape index (κ2) is 7.58. The first kappa shape index (κ1) is 17.8. The first-order chi connectivity index (χ1) is 12.7. The van der Waals surface area contributed by atoms with Crippen LogP contribution in [0, 0.1) is 5.92 Å². The minimum Gasteiger partial charge on any atom is -0.496 e. The first-order valence-corrected chi connectivity index (χ1v) is 9.92. The van der Waals surface area contributed by atoms with Gasteiger partial charge in [0.05, 0.1) is 23.2 Å². The standard InChI is InChI=1S/C21H22Cl2N2O/c1-26-20-8-4-7-15-16(20)9-14(25-21(15)13-5-2-3-6-13)10-17-18(22)11-24-12-19(17)23/h4,7-8,11-13,21H,2-3,5-6,9-10H2,1H3. The molecule has 1 unspecified atom stereocenters. The molecule has 1 saturated carbocycles. The molecule has 2 aliphatic rings. The van der Waals surface area contributed by atoms with Crippen molar-refractivity contribution < 1.29 is 4.74 Å². The molecular weight excluding hydrogens is 367 g/mol. The molecule has 5 heteroatoms. The average Bonchev–Trinajstić information content (AvgIpc) is 3.18. The molecule has 3 nitrogen and oxygen atoms in total. The SMILES string of the molecule is COc1cccc2c1CC(Cc1c(Cl)cncc1Cl)=NC2C1CCCC1. The molecule has 1 aliphatic carbocycles. The maximum absolute atomic E-state index is 6.34. The molecule has 0 bridgehead atoms. The molecule has 1 aromatic heterocycles. The van der Waals surface area contributed by atoms with Crippen molar-refractivity contribution in [1.29, 1.82) is 0 Å².